The number of hydrogen-bond donors (Lipinski definition) is 0. The Morgan fingerprint density at radius 2 is 1.82 bits per heavy atom. The number of aromatic nitrogens is 2. The molecule has 2 nitrogen and oxygen atoms in total. The third-order valence-electron chi connectivity index (χ3n) is 4.00. The van der Waals surface area contributed by atoms with E-state index in [2.05, 4.69) is 80.4 Å². The highest BCUT2D eigenvalue weighted by Gasteiger charge is 2.19. The van der Waals surface area contributed by atoms with Crippen molar-refractivity contribution in [3.63, 3.8) is 0 Å². The predicted molar refractivity (Wildman–Crippen MR) is 101 cm³/mol. The minimum atomic E-state index is 1.01. The van der Waals surface area contributed by atoms with E-state index >= 15 is 0 Å². The fraction of sp³-hybridized carbons (Fsp3) is 0.118. The van der Waals surface area contributed by atoms with Gasteiger partial charge in [0.05, 0.1) is 15.0 Å². The van der Waals surface area contributed by atoms with Crippen LogP contribution in [0.4, 0.5) is 0 Å². The van der Waals surface area contributed by atoms with Gasteiger partial charge in [-0.1, -0.05) is 41.7 Å². The average Bonchev–Trinajstić information content (AvgIpc) is 3.01. The molecular formula is C17H12Br2N2S. The Kier molecular flexibility index (Phi) is 3.40. The minimum absolute atomic E-state index is 1.01. The normalized spacial score (nSPS) is 11.6. The van der Waals surface area contributed by atoms with Crippen molar-refractivity contribution in [2.24, 2.45) is 0 Å². The first kappa shape index (κ1) is 14.4. The molecule has 0 atom stereocenters. The van der Waals surface area contributed by atoms with E-state index in [1.807, 2.05) is 6.07 Å². The summed E-state index contributed by atoms with van der Waals surface area (Å²) in [6.07, 6.45) is 0. The van der Waals surface area contributed by atoms with Gasteiger partial charge in [0.1, 0.15) is 5.52 Å². The second-order valence-electron chi connectivity index (χ2n) is 5.32. The summed E-state index contributed by atoms with van der Waals surface area (Å²) >= 11 is 9.09. The van der Waals surface area contributed by atoms with E-state index in [-0.39, 0.29) is 0 Å². The molecule has 4 aromatic rings. The zero-order valence-electron chi connectivity index (χ0n) is 12.0. The van der Waals surface area contributed by atoms with Crippen LogP contribution in [-0.4, -0.2) is 9.38 Å². The minimum Gasteiger partial charge on any atom is -0.282 e. The number of imidazole rings is 1. The predicted octanol–water partition coefficient (Wildman–Crippen LogP) is 6.36. The van der Waals surface area contributed by atoms with Gasteiger partial charge in [-0.2, -0.15) is 0 Å². The van der Waals surface area contributed by atoms with Gasteiger partial charge in [0.15, 0.2) is 4.96 Å². The van der Waals surface area contributed by atoms with Crippen molar-refractivity contribution in [1.29, 1.82) is 0 Å². The van der Waals surface area contributed by atoms with Gasteiger partial charge >= 0.3 is 0 Å². The van der Waals surface area contributed by atoms with Crippen LogP contribution >= 0.6 is 43.2 Å². The maximum Gasteiger partial charge on any atom is 0.196 e. The topological polar surface area (TPSA) is 17.3 Å². The molecule has 0 aliphatic rings. The zero-order valence-corrected chi connectivity index (χ0v) is 16.0. The van der Waals surface area contributed by atoms with Crippen LogP contribution in [0, 0.1) is 13.8 Å². The van der Waals surface area contributed by atoms with Crippen LogP contribution in [0.5, 0.6) is 0 Å². The van der Waals surface area contributed by atoms with E-state index in [9.17, 15) is 0 Å². The summed E-state index contributed by atoms with van der Waals surface area (Å²) in [5.74, 6) is 0. The molecule has 2 heterocycles. The van der Waals surface area contributed by atoms with Crippen molar-refractivity contribution in [2.75, 3.05) is 0 Å². The highest BCUT2D eigenvalue weighted by atomic mass is 79.9. The molecule has 0 fully saturated rings. The van der Waals surface area contributed by atoms with Crippen molar-refractivity contribution >= 4 is 59.2 Å². The molecule has 0 N–H and O–H groups in total. The van der Waals surface area contributed by atoms with Crippen LogP contribution in [0.2, 0.25) is 0 Å². The summed E-state index contributed by atoms with van der Waals surface area (Å²) in [4.78, 5) is 5.83. The van der Waals surface area contributed by atoms with Crippen molar-refractivity contribution in [1.82, 2.24) is 9.38 Å². The highest BCUT2D eigenvalue weighted by Crippen LogP contribution is 2.40. The molecule has 5 heteroatoms. The number of halogens is 2. The molecule has 0 bridgehead atoms. The Morgan fingerprint density at radius 1 is 1.09 bits per heavy atom. The van der Waals surface area contributed by atoms with Gasteiger partial charge in [0.2, 0.25) is 0 Å². The summed E-state index contributed by atoms with van der Waals surface area (Å²) in [5.41, 5.74) is 7.04. The van der Waals surface area contributed by atoms with E-state index in [4.69, 9.17) is 4.98 Å². The number of rotatable bonds is 1. The lowest BCUT2D eigenvalue weighted by atomic mass is 10.1. The van der Waals surface area contributed by atoms with Crippen molar-refractivity contribution in [2.45, 2.75) is 13.8 Å². The smallest absolute Gasteiger partial charge is 0.196 e. The van der Waals surface area contributed by atoms with Crippen LogP contribution in [0.3, 0.4) is 0 Å². The van der Waals surface area contributed by atoms with Gasteiger partial charge in [0.25, 0.3) is 0 Å². The SMILES string of the molecule is Cc1cc2c(nc3sc(Br)c(-c4ccccc4)n32)c(Br)c1C. The van der Waals surface area contributed by atoms with Crippen LogP contribution < -0.4 is 0 Å². The first-order valence-electron chi connectivity index (χ1n) is 6.89. The molecule has 0 spiro atoms. The molecule has 0 aliphatic heterocycles. The number of nitrogens with zero attached hydrogens (tertiary/aromatic N) is 2. The van der Waals surface area contributed by atoms with Crippen LogP contribution in [0.15, 0.2) is 44.7 Å². The number of fused-ring (bicyclic) bond motifs is 3. The lowest BCUT2D eigenvalue weighted by Gasteiger charge is -2.06. The molecule has 22 heavy (non-hydrogen) atoms. The van der Waals surface area contributed by atoms with Gasteiger partial charge < -0.3 is 0 Å². The second-order valence-corrected chi connectivity index (χ2v) is 8.41. The Labute approximate surface area is 149 Å². The molecule has 0 amide bonds. The molecule has 4 rings (SSSR count). The number of hydrogen-bond acceptors (Lipinski definition) is 2. The van der Waals surface area contributed by atoms with E-state index in [1.165, 1.54) is 22.4 Å². The molecule has 0 saturated heterocycles. The molecule has 2 aromatic heterocycles. The Hall–Kier alpha value is -1.17. The van der Waals surface area contributed by atoms with Crippen molar-refractivity contribution in [3.8, 4) is 11.3 Å². The lowest BCUT2D eigenvalue weighted by Crippen LogP contribution is -1.89. The summed E-state index contributed by atoms with van der Waals surface area (Å²) in [6.45, 7) is 4.27. The number of thiazole rings is 1. The second kappa shape index (κ2) is 5.18. The summed E-state index contributed by atoms with van der Waals surface area (Å²) in [7, 11) is 0. The highest BCUT2D eigenvalue weighted by molar-refractivity contribution is 9.11. The molecule has 0 saturated carbocycles. The summed E-state index contributed by atoms with van der Waals surface area (Å²) in [5, 5.41) is 0. The van der Waals surface area contributed by atoms with E-state index in [1.54, 1.807) is 11.3 Å². The van der Waals surface area contributed by atoms with Crippen LogP contribution in [0.25, 0.3) is 27.3 Å². The molecule has 0 unspecified atom stereocenters. The fourth-order valence-corrected chi connectivity index (χ4v) is 5.04. The van der Waals surface area contributed by atoms with Gasteiger partial charge in [-0.25, -0.2) is 4.98 Å². The molecule has 0 aliphatic carbocycles. The molecule has 110 valence electrons. The number of aryl methyl sites for hydroxylation is 1. The molecule has 0 radical (unpaired) electrons. The largest absolute Gasteiger partial charge is 0.282 e. The van der Waals surface area contributed by atoms with Gasteiger partial charge in [-0.05, 0) is 62.9 Å². The van der Waals surface area contributed by atoms with Crippen molar-refractivity contribution < 1.29 is 0 Å². The zero-order chi connectivity index (χ0) is 15.4. The maximum atomic E-state index is 4.83. The Morgan fingerprint density at radius 3 is 2.55 bits per heavy atom. The first-order chi connectivity index (χ1) is 10.6. The van der Waals surface area contributed by atoms with Gasteiger partial charge in [0, 0.05) is 10.0 Å². The van der Waals surface area contributed by atoms with Crippen LogP contribution in [0.1, 0.15) is 11.1 Å². The summed E-state index contributed by atoms with van der Waals surface area (Å²) < 4.78 is 4.45. The Bertz CT molecular complexity index is 1020. The third-order valence-corrected chi connectivity index (χ3v) is 6.66. The Balaban J connectivity index is 2.18. The maximum absolute atomic E-state index is 4.83. The average molecular weight is 436 g/mol. The monoisotopic (exact) mass is 434 g/mol. The van der Waals surface area contributed by atoms with Crippen molar-refractivity contribution in [3.05, 3.63) is 55.8 Å². The third kappa shape index (κ3) is 1.99. The van der Waals surface area contributed by atoms with E-state index < -0.39 is 0 Å². The fourth-order valence-electron chi connectivity index (χ4n) is 2.71. The van der Waals surface area contributed by atoms with Gasteiger partial charge in [-0.3, -0.25) is 4.40 Å². The van der Waals surface area contributed by atoms with Crippen LogP contribution in [-0.2, 0) is 0 Å². The first-order valence-corrected chi connectivity index (χ1v) is 9.29. The lowest BCUT2D eigenvalue weighted by molar-refractivity contribution is 1.26. The van der Waals surface area contributed by atoms with E-state index in [0.717, 1.165) is 24.3 Å². The number of benzene rings is 2. The molecular weight excluding hydrogens is 424 g/mol. The van der Waals surface area contributed by atoms with Gasteiger partial charge in [-0.15, -0.1) is 0 Å². The standard InChI is InChI=1S/C17H12Br2N2S/c1-9-8-12-14(13(18)10(9)2)20-17-21(12)15(16(19)22-17)11-6-4-3-5-7-11/h3-8H,1-2H3. The summed E-state index contributed by atoms with van der Waals surface area (Å²) in [6, 6.07) is 12.7. The van der Waals surface area contributed by atoms with E-state index in [0.29, 0.717) is 0 Å². The quantitative estimate of drug-likeness (QED) is 0.340. The molecule has 2 aromatic carbocycles.